The molecular formula is C18H22ClN3O2. The van der Waals surface area contributed by atoms with E-state index in [0.717, 1.165) is 24.2 Å². The fraction of sp³-hybridized carbons (Fsp3) is 0.444. The maximum absolute atomic E-state index is 12.5. The molecule has 5 nitrogen and oxygen atoms in total. The molecule has 3 rings (SSSR count). The zero-order valence-corrected chi connectivity index (χ0v) is 14.7. The highest BCUT2D eigenvalue weighted by Gasteiger charge is 2.22. The van der Waals surface area contributed by atoms with Gasteiger partial charge >= 0.3 is 0 Å². The zero-order chi connectivity index (χ0) is 17.1. The fourth-order valence-corrected chi connectivity index (χ4v) is 3.30. The van der Waals surface area contributed by atoms with Crippen LogP contribution in [0.1, 0.15) is 44.2 Å². The van der Waals surface area contributed by atoms with Crippen LogP contribution in [0.2, 0.25) is 5.02 Å². The number of carbonyl (C=O) groups excluding carboxylic acids is 1. The maximum Gasteiger partial charge on any atom is 0.266 e. The van der Waals surface area contributed by atoms with Gasteiger partial charge in [0.1, 0.15) is 11.6 Å². The van der Waals surface area contributed by atoms with Crippen LogP contribution in [0.5, 0.6) is 5.75 Å². The first kappa shape index (κ1) is 16.8. The molecule has 1 aromatic carbocycles. The molecule has 0 spiro atoms. The van der Waals surface area contributed by atoms with Gasteiger partial charge in [-0.2, -0.15) is 5.10 Å². The minimum absolute atomic E-state index is 0.191. The molecule has 2 aromatic rings. The molecule has 0 saturated heterocycles. The Kier molecular flexibility index (Phi) is 5.09. The van der Waals surface area contributed by atoms with Crippen LogP contribution in [0.3, 0.4) is 0 Å². The third kappa shape index (κ3) is 3.73. The van der Waals surface area contributed by atoms with Crippen LogP contribution in [0.15, 0.2) is 30.5 Å². The van der Waals surface area contributed by atoms with Crippen molar-refractivity contribution >= 4 is 23.3 Å². The monoisotopic (exact) mass is 347 g/mol. The van der Waals surface area contributed by atoms with Crippen LogP contribution < -0.4 is 10.1 Å². The normalized spacial score (nSPS) is 16.1. The Morgan fingerprint density at radius 3 is 2.83 bits per heavy atom. The van der Waals surface area contributed by atoms with E-state index in [1.165, 1.54) is 12.8 Å². The molecule has 1 aliphatic rings. The molecule has 0 bridgehead atoms. The lowest BCUT2D eigenvalue weighted by atomic mass is 10.2. The van der Waals surface area contributed by atoms with E-state index in [2.05, 4.69) is 10.4 Å². The van der Waals surface area contributed by atoms with Gasteiger partial charge in [0.15, 0.2) is 6.10 Å². The molecule has 1 unspecified atom stereocenters. The van der Waals surface area contributed by atoms with Crippen LogP contribution in [0.4, 0.5) is 5.82 Å². The van der Waals surface area contributed by atoms with Crippen molar-refractivity contribution in [3.8, 4) is 5.75 Å². The van der Waals surface area contributed by atoms with Gasteiger partial charge in [0.25, 0.3) is 5.91 Å². The number of hydrogen-bond acceptors (Lipinski definition) is 3. The molecule has 1 amide bonds. The molecule has 1 saturated carbocycles. The number of aryl methyl sites for hydroxylation is 1. The molecule has 0 aliphatic heterocycles. The number of anilines is 1. The third-order valence-electron chi connectivity index (χ3n) is 4.40. The predicted octanol–water partition coefficient (Wildman–Crippen LogP) is 4.37. The van der Waals surface area contributed by atoms with Crippen LogP contribution >= 0.6 is 11.6 Å². The van der Waals surface area contributed by atoms with Crippen molar-refractivity contribution < 1.29 is 9.53 Å². The smallest absolute Gasteiger partial charge is 0.266 e. The SMILES string of the molecule is Cc1cc(Cl)ccc1OC(C)C(=O)Nc1ccnn1C1CCCC1. The van der Waals surface area contributed by atoms with Gasteiger partial charge in [0.05, 0.1) is 12.2 Å². The number of nitrogens with one attached hydrogen (secondary N) is 1. The molecule has 1 heterocycles. The van der Waals surface area contributed by atoms with Gasteiger partial charge in [-0.1, -0.05) is 24.4 Å². The summed E-state index contributed by atoms with van der Waals surface area (Å²) in [5, 5.41) is 7.94. The van der Waals surface area contributed by atoms with E-state index >= 15 is 0 Å². The standard InChI is InChI=1S/C18H22ClN3O2/c1-12-11-14(19)7-8-16(12)24-13(2)18(23)21-17-9-10-20-22(17)15-5-3-4-6-15/h7-11,13,15H,3-6H2,1-2H3,(H,21,23). The number of ether oxygens (including phenoxy) is 1. The van der Waals surface area contributed by atoms with Crippen molar-refractivity contribution in [2.45, 2.75) is 51.7 Å². The van der Waals surface area contributed by atoms with Crippen molar-refractivity contribution in [3.05, 3.63) is 41.0 Å². The van der Waals surface area contributed by atoms with E-state index in [1.54, 1.807) is 25.3 Å². The zero-order valence-electron chi connectivity index (χ0n) is 14.0. The number of amides is 1. The van der Waals surface area contributed by atoms with E-state index in [-0.39, 0.29) is 5.91 Å². The maximum atomic E-state index is 12.5. The number of benzene rings is 1. The third-order valence-corrected chi connectivity index (χ3v) is 4.64. The second kappa shape index (κ2) is 7.26. The van der Waals surface area contributed by atoms with Crippen LogP contribution in [0, 0.1) is 6.92 Å². The van der Waals surface area contributed by atoms with Crippen molar-refractivity contribution in [3.63, 3.8) is 0 Å². The quantitative estimate of drug-likeness (QED) is 0.873. The average molecular weight is 348 g/mol. The predicted molar refractivity (Wildman–Crippen MR) is 94.6 cm³/mol. The second-order valence-corrected chi connectivity index (χ2v) is 6.69. The van der Waals surface area contributed by atoms with Crippen molar-refractivity contribution in [2.75, 3.05) is 5.32 Å². The molecule has 1 atom stereocenters. The Balaban J connectivity index is 1.65. The lowest BCUT2D eigenvalue weighted by Crippen LogP contribution is -2.31. The number of nitrogens with zero attached hydrogens (tertiary/aromatic N) is 2. The number of halogens is 1. The Morgan fingerprint density at radius 1 is 1.38 bits per heavy atom. The Hall–Kier alpha value is -2.01. The van der Waals surface area contributed by atoms with Crippen LogP contribution in [-0.4, -0.2) is 21.8 Å². The Bertz CT molecular complexity index is 723. The Labute approximate surface area is 147 Å². The number of rotatable bonds is 5. The molecule has 1 fully saturated rings. The minimum Gasteiger partial charge on any atom is -0.481 e. The summed E-state index contributed by atoms with van der Waals surface area (Å²) in [6, 6.07) is 7.56. The number of carbonyl (C=O) groups is 1. The number of hydrogen-bond donors (Lipinski definition) is 1. The molecular weight excluding hydrogens is 326 g/mol. The highest BCUT2D eigenvalue weighted by Crippen LogP contribution is 2.31. The molecule has 1 N–H and O–H groups in total. The van der Waals surface area contributed by atoms with Crippen LogP contribution in [0.25, 0.3) is 0 Å². The van der Waals surface area contributed by atoms with Crippen molar-refractivity contribution in [1.29, 1.82) is 0 Å². The van der Waals surface area contributed by atoms with E-state index in [0.29, 0.717) is 16.8 Å². The van der Waals surface area contributed by atoms with E-state index < -0.39 is 6.10 Å². The van der Waals surface area contributed by atoms with Gasteiger partial charge in [0, 0.05) is 11.1 Å². The summed E-state index contributed by atoms with van der Waals surface area (Å²) in [5.41, 5.74) is 0.901. The molecule has 128 valence electrons. The summed E-state index contributed by atoms with van der Waals surface area (Å²) >= 11 is 5.95. The van der Waals surface area contributed by atoms with Crippen molar-refractivity contribution in [2.24, 2.45) is 0 Å². The first-order valence-corrected chi connectivity index (χ1v) is 8.69. The lowest BCUT2D eigenvalue weighted by Gasteiger charge is -2.18. The van der Waals surface area contributed by atoms with Gasteiger partial charge in [-0.25, -0.2) is 4.68 Å². The summed E-state index contributed by atoms with van der Waals surface area (Å²) in [7, 11) is 0. The molecule has 1 aromatic heterocycles. The van der Waals surface area contributed by atoms with Crippen molar-refractivity contribution in [1.82, 2.24) is 9.78 Å². The number of aromatic nitrogens is 2. The highest BCUT2D eigenvalue weighted by atomic mass is 35.5. The van der Waals surface area contributed by atoms with Crippen LogP contribution in [-0.2, 0) is 4.79 Å². The molecule has 6 heteroatoms. The second-order valence-electron chi connectivity index (χ2n) is 6.26. The minimum atomic E-state index is -0.614. The average Bonchev–Trinajstić information content (AvgIpc) is 3.20. The summed E-state index contributed by atoms with van der Waals surface area (Å²) in [4.78, 5) is 12.5. The van der Waals surface area contributed by atoms with E-state index in [1.807, 2.05) is 23.7 Å². The molecule has 0 radical (unpaired) electrons. The molecule has 1 aliphatic carbocycles. The first-order chi connectivity index (χ1) is 11.5. The van der Waals surface area contributed by atoms with Gasteiger partial charge in [-0.15, -0.1) is 0 Å². The summed E-state index contributed by atoms with van der Waals surface area (Å²) in [5.74, 6) is 1.20. The van der Waals surface area contributed by atoms with Gasteiger partial charge < -0.3 is 10.1 Å². The summed E-state index contributed by atoms with van der Waals surface area (Å²) < 4.78 is 7.70. The van der Waals surface area contributed by atoms with E-state index in [4.69, 9.17) is 16.3 Å². The fourth-order valence-electron chi connectivity index (χ4n) is 3.07. The summed E-state index contributed by atoms with van der Waals surface area (Å²) in [6.45, 7) is 3.64. The largest absolute Gasteiger partial charge is 0.481 e. The lowest BCUT2D eigenvalue weighted by molar-refractivity contribution is -0.122. The highest BCUT2D eigenvalue weighted by molar-refractivity contribution is 6.30. The topological polar surface area (TPSA) is 56.1 Å². The Morgan fingerprint density at radius 2 is 2.12 bits per heavy atom. The van der Waals surface area contributed by atoms with Gasteiger partial charge in [-0.3, -0.25) is 4.79 Å². The van der Waals surface area contributed by atoms with Gasteiger partial charge in [-0.05, 0) is 50.5 Å². The summed E-state index contributed by atoms with van der Waals surface area (Å²) in [6.07, 6.45) is 5.77. The van der Waals surface area contributed by atoms with E-state index in [9.17, 15) is 4.79 Å². The first-order valence-electron chi connectivity index (χ1n) is 8.32. The molecule has 24 heavy (non-hydrogen) atoms. The van der Waals surface area contributed by atoms with Gasteiger partial charge in [0.2, 0.25) is 0 Å².